The third-order valence-corrected chi connectivity index (χ3v) is 9.53. The second-order valence-electron chi connectivity index (χ2n) is 12.8. The van der Waals surface area contributed by atoms with E-state index in [1.54, 1.807) is 60.7 Å². The van der Waals surface area contributed by atoms with Crippen LogP contribution in [0.4, 0.5) is 0 Å². The van der Waals surface area contributed by atoms with Crippen LogP contribution in [0.5, 0.6) is 0 Å². The molecule has 2 saturated heterocycles. The molecule has 7 unspecified atom stereocenters. The van der Waals surface area contributed by atoms with Gasteiger partial charge in [-0.2, -0.15) is 5.06 Å². The molecule has 2 fully saturated rings. The van der Waals surface area contributed by atoms with Gasteiger partial charge in [0, 0.05) is 13.0 Å². The zero-order valence-electron chi connectivity index (χ0n) is 27.6. The Kier molecular flexibility index (Phi) is 12.3. The quantitative estimate of drug-likeness (QED) is 0.0883. The molecule has 0 aliphatic carbocycles. The molecule has 0 saturated carbocycles. The van der Waals surface area contributed by atoms with Crippen LogP contribution < -0.4 is 28.3 Å². The zero-order valence-corrected chi connectivity index (χ0v) is 27.6. The molecule has 7 atom stereocenters. The summed E-state index contributed by atoms with van der Waals surface area (Å²) in [7, 11) is 0. The van der Waals surface area contributed by atoms with Crippen LogP contribution in [0.25, 0.3) is 0 Å². The lowest BCUT2D eigenvalue weighted by Gasteiger charge is -2.46. The number of nitrogens with zero attached hydrogens (tertiary/aromatic N) is 1. The fourth-order valence-corrected chi connectivity index (χ4v) is 7.17. The summed E-state index contributed by atoms with van der Waals surface area (Å²) in [6, 6.07) is 11.3. The molecule has 0 radical (unpaired) electrons. The molecular formula is C35H46N6O8. The number of ketones is 4. The van der Waals surface area contributed by atoms with Gasteiger partial charge in [-0.05, 0) is 50.3 Å². The van der Waals surface area contributed by atoms with E-state index in [1.165, 1.54) is 6.92 Å². The highest BCUT2D eigenvalue weighted by atomic mass is 16.7. The van der Waals surface area contributed by atoms with Crippen LogP contribution in [0, 0.1) is 11.3 Å². The predicted molar refractivity (Wildman–Crippen MR) is 178 cm³/mol. The monoisotopic (exact) mass is 678 g/mol. The number of carboxylic acid groups (broad SMARTS) is 1. The van der Waals surface area contributed by atoms with Gasteiger partial charge in [0.05, 0.1) is 36.7 Å². The van der Waals surface area contributed by atoms with E-state index in [-0.39, 0.29) is 38.8 Å². The van der Waals surface area contributed by atoms with Crippen LogP contribution in [-0.4, -0.2) is 88.0 Å². The number of hydroxylamine groups is 2. The molecule has 1 amide bonds. The van der Waals surface area contributed by atoms with Gasteiger partial charge in [0.2, 0.25) is 11.4 Å². The van der Waals surface area contributed by atoms with Gasteiger partial charge in [-0.3, -0.25) is 28.8 Å². The third kappa shape index (κ3) is 7.11. The SMILES string of the molecule is CC(N)C(=O)C1(C(=O)O)N(OCc2ccccc2)CC(C(=O)C2CCC(=O)N2)C1(C(=O)C(N)CCCCN)C(=O)C(N)Cc1ccccc1. The average Bonchev–Trinajstić information content (AvgIpc) is 3.66. The first-order valence-electron chi connectivity index (χ1n) is 16.5. The Hall–Kier alpha value is -4.18. The van der Waals surface area contributed by atoms with E-state index in [4.69, 9.17) is 27.8 Å². The maximum atomic E-state index is 15.2. The first-order valence-corrected chi connectivity index (χ1v) is 16.5. The number of carbonyl (C=O) groups is 6. The van der Waals surface area contributed by atoms with Crippen molar-refractivity contribution in [1.29, 1.82) is 0 Å². The molecule has 264 valence electrons. The number of nitrogens with two attached hydrogens (primary N) is 4. The summed E-state index contributed by atoms with van der Waals surface area (Å²) in [6.45, 7) is 0.520. The van der Waals surface area contributed by atoms with Crippen molar-refractivity contribution >= 4 is 35.0 Å². The van der Waals surface area contributed by atoms with E-state index < -0.39 is 82.6 Å². The van der Waals surface area contributed by atoms with E-state index in [0.717, 1.165) is 5.06 Å². The van der Waals surface area contributed by atoms with Gasteiger partial charge < -0.3 is 33.4 Å². The summed E-state index contributed by atoms with van der Waals surface area (Å²) in [5, 5.41) is 14.6. The number of rotatable bonds is 18. The number of hydrogen-bond acceptors (Lipinski definition) is 12. The van der Waals surface area contributed by atoms with Crippen molar-refractivity contribution in [3.63, 3.8) is 0 Å². The highest BCUT2D eigenvalue weighted by molar-refractivity contribution is 6.27. The molecule has 4 rings (SSSR count). The fraction of sp³-hybridized carbons (Fsp3) is 0.486. The highest BCUT2D eigenvalue weighted by Crippen LogP contribution is 2.54. The van der Waals surface area contributed by atoms with Gasteiger partial charge in [0.15, 0.2) is 23.1 Å². The number of amides is 1. The molecule has 49 heavy (non-hydrogen) atoms. The van der Waals surface area contributed by atoms with Crippen molar-refractivity contribution in [2.45, 2.75) is 81.8 Å². The van der Waals surface area contributed by atoms with Gasteiger partial charge in [-0.1, -0.05) is 67.1 Å². The van der Waals surface area contributed by atoms with Crippen LogP contribution in [0.15, 0.2) is 60.7 Å². The van der Waals surface area contributed by atoms with Gasteiger partial charge >= 0.3 is 5.97 Å². The number of unbranched alkanes of at least 4 members (excludes halogenated alkanes) is 1. The predicted octanol–water partition coefficient (Wildman–Crippen LogP) is -0.212. The minimum atomic E-state index is -3.17. The van der Waals surface area contributed by atoms with E-state index in [2.05, 4.69) is 5.32 Å². The minimum Gasteiger partial charge on any atom is -0.479 e. The van der Waals surface area contributed by atoms with Crippen molar-refractivity contribution in [3.05, 3.63) is 71.8 Å². The Morgan fingerprint density at radius 3 is 2.04 bits per heavy atom. The number of carboxylic acids is 1. The Morgan fingerprint density at radius 1 is 0.918 bits per heavy atom. The molecular weight excluding hydrogens is 632 g/mol. The molecule has 10 N–H and O–H groups in total. The lowest BCUT2D eigenvalue weighted by Crippen LogP contribution is -2.76. The number of carbonyl (C=O) groups excluding carboxylic acids is 5. The number of Topliss-reactive ketones (excluding diaryl/α,β-unsaturated/α-hetero) is 4. The smallest absolute Gasteiger partial charge is 0.335 e. The first-order chi connectivity index (χ1) is 23.3. The average molecular weight is 679 g/mol. The lowest BCUT2D eigenvalue weighted by molar-refractivity contribution is -0.231. The van der Waals surface area contributed by atoms with Gasteiger partial charge in [0.1, 0.15) is 5.41 Å². The van der Waals surface area contributed by atoms with Crippen LogP contribution in [0.1, 0.15) is 50.2 Å². The molecule has 2 aromatic carbocycles. The molecule has 2 aliphatic rings. The fourth-order valence-electron chi connectivity index (χ4n) is 7.17. The largest absolute Gasteiger partial charge is 0.479 e. The highest BCUT2D eigenvalue weighted by Gasteiger charge is 2.81. The Bertz CT molecular complexity index is 1540. The van der Waals surface area contributed by atoms with Crippen molar-refractivity contribution in [1.82, 2.24) is 10.4 Å². The van der Waals surface area contributed by atoms with Crippen molar-refractivity contribution in [2.24, 2.45) is 34.3 Å². The maximum Gasteiger partial charge on any atom is 0.335 e. The molecule has 2 aliphatic heterocycles. The van der Waals surface area contributed by atoms with Crippen molar-refractivity contribution < 1.29 is 38.7 Å². The molecule has 2 aromatic rings. The lowest BCUT2D eigenvalue weighted by atomic mass is 9.54. The van der Waals surface area contributed by atoms with E-state index in [1.807, 2.05) is 0 Å². The van der Waals surface area contributed by atoms with E-state index in [0.29, 0.717) is 24.0 Å². The van der Waals surface area contributed by atoms with Gasteiger partial charge in [-0.15, -0.1) is 0 Å². The first kappa shape index (κ1) is 37.6. The summed E-state index contributed by atoms with van der Waals surface area (Å²) >= 11 is 0. The van der Waals surface area contributed by atoms with Gasteiger partial charge in [0.25, 0.3) is 0 Å². The summed E-state index contributed by atoms with van der Waals surface area (Å²) in [6.07, 6.45) is 0.606. The summed E-state index contributed by atoms with van der Waals surface area (Å²) in [4.78, 5) is 91.7. The van der Waals surface area contributed by atoms with Gasteiger partial charge in [-0.25, -0.2) is 4.79 Å². The van der Waals surface area contributed by atoms with Crippen molar-refractivity contribution in [3.8, 4) is 0 Å². The van der Waals surface area contributed by atoms with Crippen LogP contribution >= 0.6 is 0 Å². The number of aliphatic carboxylic acids is 1. The van der Waals surface area contributed by atoms with Crippen molar-refractivity contribution in [2.75, 3.05) is 13.1 Å². The second-order valence-corrected chi connectivity index (χ2v) is 12.8. The number of nitrogens with one attached hydrogen (secondary N) is 1. The molecule has 0 spiro atoms. The zero-order chi connectivity index (χ0) is 35.9. The standard InChI is InChI=1S/C35H46N6O8/c1-21(37)30(44)35(33(47)48)34(31(45)25(38)14-8-9-17-36,32(46)26(39)18-22-10-4-2-5-11-22)24(29(43)27-15-16-28(42)40-27)19-41(35)49-20-23-12-6-3-7-13-23/h2-7,10-13,21,24-27H,8-9,14-20,36-39H2,1H3,(H,40,42)(H,47,48). The Labute approximate surface area is 284 Å². The summed E-state index contributed by atoms with van der Waals surface area (Å²) in [5.41, 5.74) is 19.8. The number of benzene rings is 2. The topological polar surface area (TPSA) is 251 Å². The Balaban J connectivity index is 2.03. The van der Waals surface area contributed by atoms with E-state index >= 15 is 9.59 Å². The van der Waals surface area contributed by atoms with Crippen LogP contribution in [0.2, 0.25) is 0 Å². The molecule has 0 aromatic heterocycles. The second kappa shape index (κ2) is 16.0. The third-order valence-electron chi connectivity index (χ3n) is 9.53. The number of hydrogen-bond donors (Lipinski definition) is 6. The van der Waals surface area contributed by atoms with Crippen LogP contribution in [0.3, 0.4) is 0 Å². The van der Waals surface area contributed by atoms with E-state index in [9.17, 15) is 24.3 Å². The maximum absolute atomic E-state index is 15.2. The Morgan fingerprint density at radius 2 is 1.51 bits per heavy atom. The van der Waals surface area contributed by atoms with Crippen LogP contribution in [-0.2, 0) is 46.6 Å². The minimum absolute atomic E-state index is 0.0127. The molecule has 0 bridgehead atoms. The summed E-state index contributed by atoms with van der Waals surface area (Å²) in [5.74, 6) is -8.58. The normalized spacial score (nSPS) is 25.7. The molecule has 14 heteroatoms. The summed E-state index contributed by atoms with van der Waals surface area (Å²) < 4.78 is 0. The molecule has 14 nitrogen and oxygen atoms in total. The molecule has 2 heterocycles.